The van der Waals surface area contributed by atoms with Gasteiger partial charge in [-0.2, -0.15) is 0 Å². The van der Waals surface area contributed by atoms with E-state index >= 15 is 0 Å². The van der Waals surface area contributed by atoms with Gasteiger partial charge in [0.25, 0.3) is 0 Å². The van der Waals surface area contributed by atoms with Crippen LogP contribution >= 0.6 is 0 Å². The van der Waals surface area contributed by atoms with Gasteiger partial charge in [-0.05, 0) is 12.8 Å². The summed E-state index contributed by atoms with van der Waals surface area (Å²) in [5, 5.41) is 0. The number of rotatable bonds is 6. The summed E-state index contributed by atoms with van der Waals surface area (Å²) in [6, 6.07) is 0. The molecule has 0 spiro atoms. The minimum atomic E-state index is 1.34. The van der Waals surface area contributed by atoms with Crippen molar-refractivity contribution < 1.29 is 4.90 Å². The van der Waals surface area contributed by atoms with Gasteiger partial charge in [0.2, 0.25) is 0 Å². The van der Waals surface area contributed by atoms with Crippen molar-refractivity contribution in [2.75, 3.05) is 20.6 Å². The van der Waals surface area contributed by atoms with E-state index in [9.17, 15) is 0 Å². The molecule has 0 aliphatic carbocycles. The molecule has 0 saturated carbocycles. The summed E-state index contributed by atoms with van der Waals surface area (Å²) in [6.07, 6.45) is 7.04. The average molecular weight is 144 g/mol. The largest absolute Gasteiger partial charge is 0.340 e. The van der Waals surface area contributed by atoms with Gasteiger partial charge < -0.3 is 4.90 Å². The van der Waals surface area contributed by atoms with Crippen LogP contribution in [0.1, 0.15) is 39.0 Å². The maximum absolute atomic E-state index is 2.26. The van der Waals surface area contributed by atoms with Gasteiger partial charge in [-0.3, -0.25) is 0 Å². The maximum Gasteiger partial charge on any atom is 0.0766 e. The molecule has 0 fully saturated rings. The van der Waals surface area contributed by atoms with Crippen LogP contribution < -0.4 is 4.90 Å². The predicted molar refractivity (Wildman–Crippen MR) is 46.4 cm³/mol. The van der Waals surface area contributed by atoms with Gasteiger partial charge in [-0.15, -0.1) is 0 Å². The average Bonchev–Trinajstić information content (AvgIpc) is 1.87. The molecule has 0 heterocycles. The molecule has 62 valence electrons. The first-order chi connectivity index (χ1) is 4.77. The molecule has 10 heavy (non-hydrogen) atoms. The van der Waals surface area contributed by atoms with Crippen LogP contribution in [0.25, 0.3) is 0 Å². The Labute approximate surface area is 65.4 Å². The molecule has 0 radical (unpaired) electrons. The van der Waals surface area contributed by atoms with E-state index in [0.717, 1.165) is 0 Å². The third-order valence-electron chi connectivity index (χ3n) is 1.78. The Morgan fingerprint density at radius 2 is 1.50 bits per heavy atom. The molecule has 0 unspecified atom stereocenters. The summed E-state index contributed by atoms with van der Waals surface area (Å²) in [5.74, 6) is 0. The lowest BCUT2D eigenvalue weighted by molar-refractivity contribution is -0.858. The van der Waals surface area contributed by atoms with Crippen LogP contribution in [0, 0.1) is 0 Å². The maximum atomic E-state index is 2.26. The van der Waals surface area contributed by atoms with Gasteiger partial charge in [-0.1, -0.05) is 26.2 Å². The van der Waals surface area contributed by atoms with Crippen molar-refractivity contribution in [3.8, 4) is 0 Å². The normalized spacial score (nSPS) is 10.8. The van der Waals surface area contributed by atoms with E-state index in [4.69, 9.17) is 0 Å². The molecular formula is C9H22N+. The third-order valence-corrected chi connectivity index (χ3v) is 1.78. The van der Waals surface area contributed by atoms with Crippen LogP contribution in [-0.2, 0) is 0 Å². The Morgan fingerprint density at radius 3 is 2.00 bits per heavy atom. The Hall–Kier alpha value is -0.0400. The number of hydrogen-bond donors (Lipinski definition) is 1. The van der Waals surface area contributed by atoms with E-state index < -0.39 is 0 Å². The van der Waals surface area contributed by atoms with Crippen LogP contribution in [0.15, 0.2) is 0 Å². The highest BCUT2D eigenvalue weighted by molar-refractivity contribution is 4.39. The number of quaternary nitrogens is 1. The summed E-state index contributed by atoms with van der Waals surface area (Å²) < 4.78 is 0. The van der Waals surface area contributed by atoms with E-state index in [1.165, 1.54) is 38.6 Å². The first-order valence-corrected chi connectivity index (χ1v) is 4.56. The minimum absolute atomic E-state index is 1.34. The van der Waals surface area contributed by atoms with Crippen LogP contribution in [0.4, 0.5) is 0 Å². The van der Waals surface area contributed by atoms with Gasteiger partial charge in [0.05, 0.1) is 20.6 Å². The fraction of sp³-hybridized carbons (Fsp3) is 1.00. The molecule has 0 aliphatic heterocycles. The molecule has 1 heteroatoms. The molecule has 1 nitrogen and oxygen atoms in total. The van der Waals surface area contributed by atoms with E-state index in [1.54, 1.807) is 4.90 Å². The molecule has 0 rings (SSSR count). The number of hydrogen-bond acceptors (Lipinski definition) is 0. The Kier molecular flexibility index (Phi) is 7.04. The van der Waals surface area contributed by atoms with Crippen molar-refractivity contribution >= 4 is 0 Å². The molecule has 0 aromatic carbocycles. The zero-order chi connectivity index (χ0) is 7.82. The van der Waals surface area contributed by atoms with Crippen LogP contribution in [-0.4, -0.2) is 20.6 Å². The highest BCUT2D eigenvalue weighted by Crippen LogP contribution is 2.00. The summed E-state index contributed by atoms with van der Waals surface area (Å²) in [5.41, 5.74) is 0. The molecular weight excluding hydrogens is 122 g/mol. The second kappa shape index (κ2) is 7.07. The lowest BCUT2D eigenvalue weighted by Gasteiger charge is -2.05. The number of unbranched alkanes of at least 4 members (excludes halogenated alkanes) is 4. The highest BCUT2D eigenvalue weighted by Gasteiger charge is 1.92. The van der Waals surface area contributed by atoms with Crippen molar-refractivity contribution in [3.05, 3.63) is 0 Å². The predicted octanol–water partition coefficient (Wildman–Crippen LogP) is 1.10. The quantitative estimate of drug-likeness (QED) is 0.532. The van der Waals surface area contributed by atoms with Crippen LogP contribution in [0.2, 0.25) is 0 Å². The first-order valence-electron chi connectivity index (χ1n) is 4.56. The standard InChI is InChI=1S/C9H21N/c1-4-5-6-7-8-9-10(2)3/h4-9H2,1-3H3/p+1. The lowest BCUT2D eigenvalue weighted by atomic mass is 10.1. The summed E-state index contributed by atoms with van der Waals surface area (Å²) in [6.45, 7) is 3.60. The fourth-order valence-corrected chi connectivity index (χ4v) is 1.08. The summed E-state index contributed by atoms with van der Waals surface area (Å²) in [7, 11) is 4.44. The van der Waals surface area contributed by atoms with E-state index in [0.29, 0.717) is 0 Å². The third kappa shape index (κ3) is 7.96. The van der Waals surface area contributed by atoms with Gasteiger partial charge in [0.15, 0.2) is 0 Å². The second-order valence-electron chi connectivity index (χ2n) is 3.37. The SMILES string of the molecule is CCCCCCC[NH+](C)C. The Balaban J connectivity index is 2.77. The van der Waals surface area contributed by atoms with Crippen LogP contribution in [0.5, 0.6) is 0 Å². The van der Waals surface area contributed by atoms with Crippen molar-refractivity contribution in [1.82, 2.24) is 0 Å². The van der Waals surface area contributed by atoms with Crippen molar-refractivity contribution in [3.63, 3.8) is 0 Å². The van der Waals surface area contributed by atoms with Gasteiger partial charge in [0, 0.05) is 0 Å². The Bertz CT molecular complexity index is 59.7. The minimum Gasteiger partial charge on any atom is -0.340 e. The zero-order valence-corrected chi connectivity index (χ0v) is 7.74. The van der Waals surface area contributed by atoms with Gasteiger partial charge in [-0.25, -0.2) is 0 Å². The highest BCUT2D eigenvalue weighted by atomic mass is 15.0. The van der Waals surface area contributed by atoms with Crippen molar-refractivity contribution in [2.24, 2.45) is 0 Å². The fourth-order valence-electron chi connectivity index (χ4n) is 1.08. The molecule has 0 saturated heterocycles. The number of nitrogens with one attached hydrogen (secondary N) is 1. The van der Waals surface area contributed by atoms with E-state index in [-0.39, 0.29) is 0 Å². The summed E-state index contributed by atoms with van der Waals surface area (Å²) >= 11 is 0. The zero-order valence-electron chi connectivity index (χ0n) is 7.74. The lowest BCUT2D eigenvalue weighted by Crippen LogP contribution is -3.05. The molecule has 0 aliphatic rings. The molecule has 0 aromatic rings. The molecule has 0 aromatic heterocycles. The van der Waals surface area contributed by atoms with Crippen LogP contribution in [0.3, 0.4) is 0 Å². The topological polar surface area (TPSA) is 4.44 Å². The van der Waals surface area contributed by atoms with Crippen molar-refractivity contribution in [1.29, 1.82) is 0 Å². The van der Waals surface area contributed by atoms with Gasteiger partial charge >= 0.3 is 0 Å². The van der Waals surface area contributed by atoms with Crippen molar-refractivity contribution in [2.45, 2.75) is 39.0 Å². The van der Waals surface area contributed by atoms with E-state index in [1.807, 2.05) is 0 Å². The molecule has 0 amide bonds. The monoisotopic (exact) mass is 144 g/mol. The molecule has 1 N–H and O–H groups in total. The first kappa shape index (κ1) is 9.96. The molecule has 0 atom stereocenters. The smallest absolute Gasteiger partial charge is 0.0766 e. The van der Waals surface area contributed by atoms with E-state index in [2.05, 4.69) is 21.0 Å². The van der Waals surface area contributed by atoms with Gasteiger partial charge in [0.1, 0.15) is 0 Å². The second-order valence-corrected chi connectivity index (χ2v) is 3.37. The summed E-state index contributed by atoms with van der Waals surface area (Å²) in [4.78, 5) is 1.58. The molecule has 0 bridgehead atoms. The Morgan fingerprint density at radius 1 is 0.900 bits per heavy atom.